The second kappa shape index (κ2) is 9.39. The third kappa shape index (κ3) is 4.83. The number of carbonyl (C=O) groups excluding carboxylic acids is 1. The molecule has 0 aliphatic rings. The molecule has 0 saturated heterocycles. The summed E-state index contributed by atoms with van der Waals surface area (Å²) < 4.78 is 5.10. The normalized spacial score (nSPS) is 11.2. The first-order valence-electron chi connectivity index (χ1n) is 9.28. The summed E-state index contributed by atoms with van der Waals surface area (Å²) in [6.45, 7) is 0. The molecule has 0 saturated carbocycles. The highest BCUT2D eigenvalue weighted by molar-refractivity contribution is 5.97. The number of nitrogens with one attached hydrogen (secondary N) is 1. The zero-order valence-corrected chi connectivity index (χ0v) is 16.3. The average Bonchev–Trinajstić information content (AvgIpc) is 2.79. The van der Waals surface area contributed by atoms with Crippen LogP contribution in [-0.2, 0) is 11.2 Å². The van der Waals surface area contributed by atoms with Crippen LogP contribution in [-0.4, -0.2) is 30.1 Å². The molecule has 0 aliphatic heterocycles. The topological polar surface area (TPSA) is 99.4 Å². The maximum atomic E-state index is 12.5. The van der Waals surface area contributed by atoms with Crippen LogP contribution in [0.15, 0.2) is 72.8 Å². The minimum atomic E-state index is -1.12. The van der Waals surface area contributed by atoms with Crippen molar-refractivity contribution in [3.8, 4) is 22.9 Å². The lowest BCUT2D eigenvalue weighted by molar-refractivity contribution is -0.139. The van der Waals surface area contributed by atoms with Crippen LogP contribution >= 0.6 is 0 Å². The first-order valence-corrected chi connectivity index (χ1v) is 9.28. The Hall–Kier alpha value is -4.11. The molecule has 1 amide bonds. The molecule has 150 valence electrons. The van der Waals surface area contributed by atoms with E-state index < -0.39 is 17.9 Å². The van der Waals surface area contributed by atoms with Crippen molar-refractivity contribution in [3.05, 3.63) is 89.5 Å². The largest absolute Gasteiger partial charge is 0.497 e. The first-order chi connectivity index (χ1) is 14.5. The summed E-state index contributed by atoms with van der Waals surface area (Å²) >= 11 is 0. The van der Waals surface area contributed by atoms with E-state index in [1.807, 2.05) is 24.3 Å². The first kappa shape index (κ1) is 20.6. The molecular formula is C24H20N2O4. The van der Waals surface area contributed by atoms with E-state index in [-0.39, 0.29) is 6.42 Å². The van der Waals surface area contributed by atoms with Gasteiger partial charge < -0.3 is 15.2 Å². The fourth-order valence-electron chi connectivity index (χ4n) is 3.09. The van der Waals surface area contributed by atoms with Gasteiger partial charge in [-0.1, -0.05) is 48.5 Å². The minimum Gasteiger partial charge on any atom is -0.497 e. The van der Waals surface area contributed by atoms with E-state index in [0.29, 0.717) is 16.9 Å². The summed E-state index contributed by atoms with van der Waals surface area (Å²) in [7, 11) is 1.50. The van der Waals surface area contributed by atoms with E-state index in [9.17, 15) is 20.0 Å². The molecule has 30 heavy (non-hydrogen) atoms. The Balaban J connectivity index is 1.74. The monoisotopic (exact) mass is 400 g/mol. The Morgan fingerprint density at radius 1 is 1.07 bits per heavy atom. The molecule has 0 heterocycles. The Bertz CT molecular complexity index is 1100. The molecule has 0 bridgehead atoms. The Morgan fingerprint density at radius 2 is 1.80 bits per heavy atom. The van der Waals surface area contributed by atoms with E-state index in [1.165, 1.54) is 7.11 Å². The fraction of sp³-hybridized carbons (Fsp3) is 0.125. The van der Waals surface area contributed by atoms with Crippen molar-refractivity contribution in [2.24, 2.45) is 0 Å². The smallest absolute Gasteiger partial charge is 0.326 e. The standard InChI is InChI=1S/C24H20N2O4/c1-30-20-7-4-6-18(14-20)23(27)26-22(24(28)29)13-16-9-11-17(12-10-16)21-8-3-2-5-19(21)15-25/h2-12,14,22H,13H2,1H3,(H,26,27)(H,28,29). The zero-order chi connectivity index (χ0) is 21.5. The molecule has 2 N–H and O–H groups in total. The molecule has 3 aromatic carbocycles. The Morgan fingerprint density at radius 3 is 2.47 bits per heavy atom. The van der Waals surface area contributed by atoms with Crippen molar-refractivity contribution < 1.29 is 19.4 Å². The van der Waals surface area contributed by atoms with Gasteiger partial charge >= 0.3 is 5.97 Å². The van der Waals surface area contributed by atoms with Gasteiger partial charge in [-0.15, -0.1) is 0 Å². The lowest BCUT2D eigenvalue weighted by Gasteiger charge is -2.15. The molecule has 0 radical (unpaired) electrons. The molecular weight excluding hydrogens is 380 g/mol. The van der Waals surface area contributed by atoms with Gasteiger partial charge in [-0.25, -0.2) is 4.79 Å². The van der Waals surface area contributed by atoms with Gasteiger partial charge in [-0.3, -0.25) is 4.79 Å². The van der Waals surface area contributed by atoms with Gasteiger partial charge in [0.25, 0.3) is 5.91 Å². The predicted molar refractivity (Wildman–Crippen MR) is 112 cm³/mol. The lowest BCUT2D eigenvalue weighted by atomic mass is 9.97. The highest BCUT2D eigenvalue weighted by Crippen LogP contribution is 2.24. The SMILES string of the molecule is COc1cccc(C(=O)NC(Cc2ccc(-c3ccccc3C#N)cc2)C(=O)O)c1. The highest BCUT2D eigenvalue weighted by atomic mass is 16.5. The number of carboxylic acids is 1. The van der Waals surface area contributed by atoms with Gasteiger partial charge in [0.2, 0.25) is 0 Å². The van der Waals surface area contributed by atoms with E-state index in [4.69, 9.17) is 4.74 Å². The molecule has 0 fully saturated rings. The van der Waals surface area contributed by atoms with Gasteiger partial charge in [0.05, 0.1) is 18.7 Å². The average molecular weight is 400 g/mol. The van der Waals surface area contributed by atoms with Crippen LogP contribution in [0.2, 0.25) is 0 Å². The molecule has 6 heteroatoms. The number of nitriles is 1. The molecule has 0 spiro atoms. The predicted octanol–water partition coefficient (Wildman–Crippen LogP) is 3.66. The Labute approximate surface area is 174 Å². The number of carboxylic acid groups (broad SMARTS) is 1. The van der Waals surface area contributed by atoms with Crippen LogP contribution in [0.25, 0.3) is 11.1 Å². The van der Waals surface area contributed by atoms with Gasteiger partial charge in [0.15, 0.2) is 0 Å². The minimum absolute atomic E-state index is 0.130. The van der Waals surface area contributed by atoms with Gasteiger partial charge in [-0.2, -0.15) is 5.26 Å². The summed E-state index contributed by atoms with van der Waals surface area (Å²) in [5.74, 6) is -1.09. The number of nitrogens with zero attached hydrogens (tertiary/aromatic N) is 1. The number of aliphatic carboxylic acids is 1. The van der Waals surface area contributed by atoms with Crippen LogP contribution in [0.4, 0.5) is 0 Å². The van der Waals surface area contributed by atoms with Crippen LogP contribution in [0, 0.1) is 11.3 Å². The van der Waals surface area contributed by atoms with Gasteiger partial charge in [-0.05, 0) is 41.0 Å². The number of carbonyl (C=O) groups is 2. The summed E-state index contributed by atoms with van der Waals surface area (Å²) in [4.78, 5) is 24.2. The number of amides is 1. The summed E-state index contributed by atoms with van der Waals surface area (Å²) in [6, 6.07) is 22.2. The van der Waals surface area contributed by atoms with Crippen molar-refractivity contribution in [3.63, 3.8) is 0 Å². The number of benzene rings is 3. The van der Waals surface area contributed by atoms with E-state index in [2.05, 4.69) is 11.4 Å². The maximum Gasteiger partial charge on any atom is 0.326 e. The van der Waals surface area contributed by atoms with E-state index in [1.54, 1.807) is 48.5 Å². The van der Waals surface area contributed by atoms with E-state index >= 15 is 0 Å². The fourth-order valence-corrected chi connectivity index (χ4v) is 3.09. The van der Waals surface area contributed by atoms with Crippen molar-refractivity contribution >= 4 is 11.9 Å². The van der Waals surface area contributed by atoms with Crippen LogP contribution in [0.3, 0.4) is 0 Å². The molecule has 1 atom stereocenters. The number of methoxy groups -OCH3 is 1. The second-order valence-corrected chi connectivity index (χ2v) is 6.65. The van der Waals surface area contributed by atoms with Crippen LogP contribution in [0.5, 0.6) is 5.75 Å². The van der Waals surface area contributed by atoms with Gasteiger partial charge in [0, 0.05) is 12.0 Å². The molecule has 1 unspecified atom stereocenters. The quantitative estimate of drug-likeness (QED) is 0.631. The molecule has 0 aromatic heterocycles. The third-order valence-electron chi connectivity index (χ3n) is 4.69. The number of ether oxygens (including phenoxy) is 1. The van der Waals surface area contributed by atoms with Crippen LogP contribution < -0.4 is 10.1 Å². The van der Waals surface area contributed by atoms with Crippen molar-refractivity contribution in [2.45, 2.75) is 12.5 Å². The van der Waals surface area contributed by atoms with E-state index in [0.717, 1.165) is 16.7 Å². The van der Waals surface area contributed by atoms with Crippen LogP contribution in [0.1, 0.15) is 21.5 Å². The van der Waals surface area contributed by atoms with Gasteiger partial charge in [0.1, 0.15) is 11.8 Å². The summed E-state index contributed by atoms with van der Waals surface area (Å²) in [6.07, 6.45) is 0.130. The summed E-state index contributed by atoms with van der Waals surface area (Å²) in [5, 5.41) is 21.4. The number of hydrogen-bond acceptors (Lipinski definition) is 4. The number of hydrogen-bond donors (Lipinski definition) is 2. The van der Waals surface area contributed by atoms with Crippen molar-refractivity contribution in [1.29, 1.82) is 5.26 Å². The molecule has 0 aliphatic carbocycles. The molecule has 3 aromatic rings. The second-order valence-electron chi connectivity index (χ2n) is 6.65. The highest BCUT2D eigenvalue weighted by Gasteiger charge is 2.21. The van der Waals surface area contributed by atoms with Crippen molar-refractivity contribution in [2.75, 3.05) is 7.11 Å². The Kier molecular flexibility index (Phi) is 6.46. The molecule has 3 rings (SSSR count). The lowest BCUT2D eigenvalue weighted by Crippen LogP contribution is -2.42. The zero-order valence-electron chi connectivity index (χ0n) is 16.3. The number of rotatable bonds is 7. The summed E-state index contributed by atoms with van der Waals surface area (Å²) in [5.41, 5.74) is 3.32. The maximum absolute atomic E-state index is 12.5. The van der Waals surface area contributed by atoms with Crippen molar-refractivity contribution in [1.82, 2.24) is 5.32 Å². The molecule has 6 nitrogen and oxygen atoms in total. The third-order valence-corrected chi connectivity index (χ3v) is 4.69.